The van der Waals surface area contributed by atoms with Gasteiger partial charge in [0.05, 0.1) is 12.0 Å². The third kappa shape index (κ3) is 6.23. The molecule has 1 saturated heterocycles. The average Bonchev–Trinajstić information content (AvgIpc) is 2.25. The van der Waals surface area contributed by atoms with Gasteiger partial charge >= 0.3 is 12.1 Å². The monoisotopic (exact) mass is 286 g/mol. The first-order valence-electron chi connectivity index (χ1n) is 7.08. The molecule has 1 amide bonds. The Morgan fingerprint density at radius 2 is 1.90 bits per heavy atom. The Bertz CT molecular complexity index is 350. The summed E-state index contributed by atoms with van der Waals surface area (Å²) in [7, 11) is 0. The fourth-order valence-corrected chi connectivity index (χ4v) is 2.03. The topological polar surface area (TPSA) is 76.7 Å². The molecule has 0 unspecified atom stereocenters. The summed E-state index contributed by atoms with van der Waals surface area (Å²) in [4.78, 5) is 23.6. The second-order valence-corrected chi connectivity index (χ2v) is 6.42. The molecule has 6 nitrogen and oxygen atoms in total. The Kier molecular flexibility index (Phi) is 5.80. The van der Waals surface area contributed by atoms with E-state index < -0.39 is 11.7 Å². The van der Waals surface area contributed by atoms with Gasteiger partial charge in [-0.1, -0.05) is 0 Å². The number of hydrogen-bond acceptors (Lipinski definition) is 5. The van der Waals surface area contributed by atoms with Crippen LogP contribution in [-0.2, 0) is 14.3 Å². The van der Waals surface area contributed by atoms with E-state index in [4.69, 9.17) is 9.47 Å². The first-order valence-corrected chi connectivity index (χ1v) is 7.08. The first kappa shape index (κ1) is 16.8. The molecule has 0 aromatic heterocycles. The van der Waals surface area contributed by atoms with Gasteiger partial charge in [-0.25, -0.2) is 4.79 Å². The Morgan fingerprint density at radius 3 is 2.45 bits per heavy atom. The minimum Gasteiger partial charge on any atom is -0.463 e. The van der Waals surface area contributed by atoms with Crippen molar-refractivity contribution in [3.05, 3.63) is 0 Å². The van der Waals surface area contributed by atoms with Crippen molar-refractivity contribution in [1.29, 1.82) is 0 Å². The first-order chi connectivity index (χ1) is 9.17. The molecule has 1 heterocycles. The van der Waals surface area contributed by atoms with E-state index in [2.05, 4.69) is 10.6 Å². The summed E-state index contributed by atoms with van der Waals surface area (Å²) in [6.45, 7) is 10.3. The van der Waals surface area contributed by atoms with Gasteiger partial charge < -0.3 is 20.1 Å². The zero-order valence-electron chi connectivity index (χ0n) is 13.0. The van der Waals surface area contributed by atoms with Crippen LogP contribution in [0.4, 0.5) is 4.79 Å². The van der Waals surface area contributed by atoms with E-state index in [1.165, 1.54) is 0 Å². The van der Waals surface area contributed by atoms with Gasteiger partial charge in [-0.2, -0.15) is 0 Å². The Balaban J connectivity index is 2.45. The summed E-state index contributed by atoms with van der Waals surface area (Å²) in [5.74, 6) is -0.450. The molecule has 2 atom stereocenters. The van der Waals surface area contributed by atoms with Crippen LogP contribution in [0.5, 0.6) is 0 Å². The van der Waals surface area contributed by atoms with E-state index in [1.807, 2.05) is 34.6 Å². The highest BCUT2D eigenvalue weighted by atomic mass is 16.6. The summed E-state index contributed by atoms with van der Waals surface area (Å²) in [6, 6.07) is -0.122. The number of ether oxygens (including phenoxy) is 2. The van der Waals surface area contributed by atoms with E-state index in [0.29, 0.717) is 19.5 Å². The van der Waals surface area contributed by atoms with Gasteiger partial charge in [-0.05, 0) is 41.0 Å². The van der Waals surface area contributed by atoms with Crippen LogP contribution in [0.25, 0.3) is 0 Å². The van der Waals surface area contributed by atoms with Crippen LogP contribution < -0.4 is 10.6 Å². The average molecular weight is 286 g/mol. The summed E-state index contributed by atoms with van der Waals surface area (Å²) >= 11 is 0. The van der Waals surface area contributed by atoms with E-state index in [0.717, 1.165) is 0 Å². The molecule has 6 heteroatoms. The van der Waals surface area contributed by atoms with Crippen molar-refractivity contribution in [3.63, 3.8) is 0 Å². The lowest BCUT2D eigenvalue weighted by molar-refractivity contribution is -0.153. The molecule has 1 aliphatic heterocycles. The van der Waals surface area contributed by atoms with Gasteiger partial charge in [-0.3, -0.25) is 4.79 Å². The molecule has 0 bridgehead atoms. The molecule has 1 fully saturated rings. The number of piperidine rings is 1. The van der Waals surface area contributed by atoms with Gasteiger partial charge in [-0.15, -0.1) is 0 Å². The number of hydrogen-bond donors (Lipinski definition) is 2. The van der Waals surface area contributed by atoms with E-state index in [1.54, 1.807) is 0 Å². The molecule has 116 valence electrons. The maximum absolute atomic E-state index is 11.9. The molecule has 0 aromatic carbocycles. The fourth-order valence-electron chi connectivity index (χ4n) is 2.03. The van der Waals surface area contributed by atoms with Crippen molar-refractivity contribution in [3.8, 4) is 0 Å². The highest BCUT2D eigenvalue weighted by Gasteiger charge is 2.30. The number of nitrogens with one attached hydrogen (secondary N) is 2. The maximum Gasteiger partial charge on any atom is 0.407 e. The number of rotatable bonds is 3. The minimum absolute atomic E-state index is 0.122. The van der Waals surface area contributed by atoms with Crippen molar-refractivity contribution < 1.29 is 19.1 Å². The second-order valence-electron chi connectivity index (χ2n) is 6.42. The van der Waals surface area contributed by atoms with Crippen LogP contribution in [0.2, 0.25) is 0 Å². The molecule has 1 aliphatic rings. The SMILES string of the molecule is CC(C)OC(=O)[C@H]1CNC[C@H](NC(=O)OC(C)(C)C)C1. The normalized spacial score (nSPS) is 23.3. The molecular weight excluding hydrogens is 260 g/mol. The predicted molar refractivity (Wildman–Crippen MR) is 75.4 cm³/mol. The van der Waals surface area contributed by atoms with Crippen molar-refractivity contribution in [2.45, 2.75) is 58.8 Å². The molecule has 0 aromatic rings. The van der Waals surface area contributed by atoms with Gasteiger partial charge in [0.15, 0.2) is 0 Å². The third-order valence-corrected chi connectivity index (χ3v) is 2.76. The summed E-state index contributed by atoms with van der Waals surface area (Å²) < 4.78 is 10.4. The van der Waals surface area contributed by atoms with Crippen molar-refractivity contribution >= 4 is 12.1 Å². The van der Waals surface area contributed by atoms with Crippen molar-refractivity contribution in [2.24, 2.45) is 5.92 Å². The third-order valence-electron chi connectivity index (χ3n) is 2.76. The summed E-state index contributed by atoms with van der Waals surface area (Å²) in [5, 5.41) is 5.92. The lowest BCUT2D eigenvalue weighted by Gasteiger charge is -2.30. The maximum atomic E-state index is 11.9. The highest BCUT2D eigenvalue weighted by Crippen LogP contribution is 2.14. The molecular formula is C14H26N2O4. The van der Waals surface area contributed by atoms with Gasteiger partial charge in [0.2, 0.25) is 0 Å². The Morgan fingerprint density at radius 1 is 1.25 bits per heavy atom. The molecule has 1 rings (SSSR count). The largest absolute Gasteiger partial charge is 0.463 e. The minimum atomic E-state index is -0.526. The van der Waals surface area contributed by atoms with Gasteiger partial charge in [0.1, 0.15) is 5.60 Å². The van der Waals surface area contributed by atoms with Crippen molar-refractivity contribution in [2.75, 3.05) is 13.1 Å². The summed E-state index contributed by atoms with van der Waals surface area (Å²) in [5.41, 5.74) is -0.526. The Hall–Kier alpha value is -1.30. The second kappa shape index (κ2) is 6.92. The van der Waals surface area contributed by atoms with Crippen LogP contribution >= 0.6 is 0 Å². The molecule has 0 spiro atoms. The zero-order chi connectivity index (χ0) is 15.3. The number of amides is 1. The van der Waals surface area contributed by atoms with Crippen LogP contribution in [0.3, 0.4) is 0 Å². The number of carbonyl (C=O) groups is 2. The molecule has 0 radical (unpaired) electrons. The number of alkyl carbamates (subject to hydrolysis) is 1. The van der Waals surface area contributed by atoms with Gasteiger partial charge in [0, 0.05) is 19.1 Å². The predicted octanol–water partition coefficient (Wildman–Crippen LogP) is 1.44. The number of esters is 1. The fraction of sp³-hybridized carbons (Fsp3) is 0.857. The Labute approximate surface area is 120 Å². The van der Waals surface area contributed by atoms with E-state index in [-0.39, 0.29) is 24.0 Å². The molecule has 20 heavy (non-hydrogen) atoms. The lowest BCUT2D eigenvalue weighted by Crippen LogP contribution is -2.51. The van der Waals surface area contributed by atoms with Crippen LogP contribution in [0, 0.1) is 5.92 Å². The molecule has 0 saturated carbocycles. The lowest BCUT2D eigenvalue weighted by atomic mass is 9.96. The van der Waals surface area contributed by atoms with E-state index >= 15 is 0 Å². The van der Waals surface area contributed by atoms with Crippen molar-refractivity contribution in [1.82, 2.24) is 10.6 Å². The van der Waals surface area contributed by atoms with Gasteiger partial charge in [0.25, 0.3) is 0 Å². The molecule has 0 aliphatic carbocycles. The standard InChI is InChI=1S/C14H26N2O4/c1-9(2)19-12(17)10-6-11(8-15-7-10)16-13(18)20-14(3,4)5/h9-11,15H,6-8H2,1-5H3,(H,16,18)/t10-,11-/m1/s1. The quantitative estimate of drug-likeness (QED) is 0.768. The van der Waals surface area contributed by atoms with Crippen LogP contribution in [0.15, 0.2) is 0 Å². The highest BCUT2D eigenvalue weighted by molar-refractivity contribution is 5.73. The molecule has 2 N–H and O–H groups in total. The summed E-state index contributed by atoms with van der Waals surface area (Å²) in [6.07, 6.45) is -0.0125. The van der Waals surface area contributed by atoms with Crippen LogP contribution in [0.1, 0.15) is 41.0 Å². The van der Waals surface area contributed by atoms with Crippen LogP contribution in [-0.4, -0.2) is 42.9 Å². The zero-order valence-corrected chi connectivity index (χ0v) is 13.0. The van der Waals surface area contributed by atoms with E-state index in [9.17, 15) is 9.59 Å². The smallest absolute Gasteiger partial charge is 0.407 e. The number of carbonyl (C=O) groups excluding carboxylic acids is 2.